The molecule has 146 valence electrons. The zero-order valence-electron chi connectivity index (χ0n) is 16.4. The van der Waals surface area contributed by atoms with Crippen LogP contribution in [-0.4, -0.2) is 32.3 Å². The molecule has 2 N–H and O–H groups in total. The minimum atomic E-state index is -0.841. The minimum Gasteiger partial charge on any atom is -0.377 e. The SMILES string of the molecule is CN=C(NCC1CCCOC1C(C)(C)C)NC(C)c1ccc(F)c(F)c1. The predicted molar refractivity (Wildman–Crippen MR) is 101 cm³/mol. The molecule has 0 bridgehead atoms. The topological polar surface area (TPSA) is 45.7 Å². The van der Waals surface area contributed by atoms with E-state index in [1.165, 1.54) is 6.07 Å². The van der Waals surface area contributed by atoms with E-state index in [2.05, 4.69) is 36.4 Å². The normalized spacial score (nSPS) is 22.8. The van der Waals surface area contributed by atoms with Gasteiger partial charge in [0.25, 0.3) is 0 Å². The molecule has 2 rings (SSSR count). The van der Waals surface area contributed by atoms with Crippen LogP contribution in [0.25, 0.3) is 0 Å². The highest BCUT2D eigenvalue weighted by atomic mass is 19.2. The Hall–Kier alpha value is -1.69. The van der Waals surface area contributed by atoms with Gasteiger partial charge in [0, 0.05) is 26.1 Å². The van der Waals surface area contributed by atoms with Crippen molar-refractivity contribution in [2.45, 2.75) is 52.7 Å². The first-order valence-electron chi connectivity index (χ1n) is 9.26. The Labute approximate surface area is 155 Å². The summed E-state index contributed by atoms with van der Waals surface area (Å²) in [5.41, 5.74) is 0.753. The van der Waals surface area contributed by atoms with Gasteiger partial charge in [0.2, 0.25) is 0 Å². The van der Waals surface area contributed by atoms with Crippen LogP contribution in [0.5, 0.6) is 0 Å². The van der Waals surface area contributed by atoms with E-state index in [1.54, 1.807) is 13.1 Å². The molecule has 1 saturated heterocycles. The van der Waals surface area contributed by atoms with E-state index in [4.69, 9.17) is 4.74 Å². The van der Waals surface area contributed by atoms with Crippen molar-refractivity contribution in [2.75, 3.05) is 20.2 Å². The molecule has 0 radical (unpaired) electrons. The van der Waals surface area contributed by atoms with Gasteiger partial charge in [-0.25, -0.2) is 8.78 Å². The van der Waals surface area contributed by atoms with Gasteiger partial charge in [0.05, 0.1) is 12.1 Å². The van der Waals surface area contributed by atoms with Crippen molar-refractivity contribution in [2.24, 2.45) is 16.3 Å². The number of rotatable bonds is 4. The Bertz CT molecular complexity index is 628. The van der Waals surface area contributed by atoms with Crippen LogP contribution in [0.3, 0.4) is 0 Å². The fourth-order valence-corrected chi connectivity index (χ4v) is 3.50. The van der Waals surface area contributed by atoms with Crippen molar-refractivity contribution in [3.63, 3.8) is 0 Å². The van der Waals surface area contributed by atoms with Crippen LogP contribution in [-0.2, 0) is 4.74 Å². The third-order valence-electron chi connectivity index (χ3n) is 4.85. The van der Waals surface area contributed by atoms with Gasteiger partial charge in [-0.2, -0.15) is 0 Å². The summed E-state index contributed by atoms with van der Waals surface area (Å²) < 4.78 is 32.6. The van der Waals surface area contributed by atoms with Crippen LogP contribution in [0, 0.1) is 23.0 Å². The molecule has 1 aliphatic rings. The maximum Gasteiger partial charge on any atom is 0.191 e. The van der Waals surface area contributed by atoms with Gasteiger partial charge in [0.15, 0.2) is 17.6 Å². The lowest BCUT2D eigenvalue weighted by molar-refractivity contribution is -0.0835. The Kier molecular flexibility index (Phi) is 6.98. The van der Waals surface area contributed by atoms with Crippen molar-refractivity contribution >= 4 is 5.96 Å². The summed E-state index contributed by atoms with van der Waals surface area (Å²) in [4.78, 5) is 4.25. The molecule has 1 aromatic carbocycles. The Balaban J connectivity index is 1.95. The van der Waals surface area contributed by atoms with Crippen molar-refractivity contribution in [1.29, 1.82) is 0 Å². The molecule has 1 fully saturated rings. The maximum absolute atomic E-state index is 13.4. The van der Waals surface area contributed by atoms with Crippen LogP contribution in [0.2, 0.25) is 0 Å². The van der Waals surface area contributed by atoms with Gasteiger partial charge in [-0.15, -0.1) is 0 Å². The van der Waals surface area contributed by atoms with Crippen LogP contribution < -0.4 is 10.6 Å². The highest BCUT2D eigenvalue weighted by Gasteiger charge is 2.35. The lowest BCUT2D eigenvalue weighted by Crippen LogP contribution is -2.47. The summed E-state index contributed by atoms with van der Waals surface area (Å²) in [6.07, 6.45) is 2.38. The molecule has 6 heteroatoms. The second-order valence-corrected chi connectivity index (χ2v) is 8.05. The maximum atomic E-state index is 13.4. The van der Waals surface area contributed by atoms with E-state index in [1.807, 2.05) is 6.92 Å². The summed E-state index contributed by atoms with van der Waals surface area (Å²) in [7, 11) is 1.70. The zero-order valence-corrected chi connectivity index (χ0v) is 16.4. The lowest BCUT2D eigenvalue weighted by Gasteiger charge is -2.40. The largest absolute Gasteiger partial charge is 0.377 e. The van der Waals surface area contributed by atoms with Crippen LogP contribution in [0.15, 0.2) is 23.2 Å². The number of hydrogen-bond donors (Lipinski definition) is 2. The first kappa shape index (κ1) is 20.6. The smallest absolute Gasteiger partial charge is 0.191 e. The molecule has 1 aliphatic heterocycles. The first-order chi connectivity index (χ1) is 12.2. The summed E-state index contributed by atoms with van der Waals surface area (Å²) in [6, 6.07) is 3.74. The van der Waals surface area contributed by atoms with E-state index in [-0.39, 0.29) is 17.6 Å². The molecule has 3 atom stereocenters. The molecule has 1 aromatic rings. The summed E-state index contributed by atoms with van der Waals surface area (Å²) >= 11 is 0. The fourth-order valence-electron chi connectivity index (χ4n) is 3.50. The number of benzene rings is 1. The highest BCUT2D eigenvalue weighted by molar-refractivity contribution is 5.80. The Morgan fingerprint density at radius 1 is 1.31 bits per heavy atom. The molecule has 1 heterocycles. The van der Waals surface area contributed by atoms with Crippen molar-refractivity contribution in [3.8, 4) is 0 Å². The lowest BCUT2D eigenvalue weighted by atomic mass is 9.78. The second kappa shape index (κ2) is 8.80. The Morgan fingerprint density at radius 3 is 2.65 bits per heavy atom. The van der Waals surface area contributed by atoms with Crippen molar-refractivity contribution in [3.05, 3.63) is 35.4 Å². The van der Waals surface area contributed by atoms with Gasteiger partial charge in [0.1, 0.15) is 0 Å². The molecular weight excluding hydrogens is 336 g/mol. The Morgan fingerprint density at radius 2 is 2.04 bits per heavy atom. The van der Waals surface area contributed by atoms with Gasteiger partial charge < -0.3 is 15.4 Å². The van der Waals surface area contributed by atoms with Gasteiger partial charge >= 0.3 is 0 Å². The average molecular weight is 367 g/mol. The van der Waals surface area contributed by atoms with Crippen LogP contribution in [0.4, 0.5) is 8.78 Å². The molecular formula is C20H31F2N3O. The number of nitrogens with one attached hydrogen (secondary N) is 2. The van der Waals surface area contributed by atoms with E-state index in [9.17, 15) is 8.78 Å². The fraction of sp³-hybridized carbons (Fsp3) is 0.650. The summed E-state index contributed by atoms with van der Waals surface area (Å²) in [5.74, 6) is -0.637. The van der Waals surface area contributed by atoms with E-state index in [0.717, 1.165) is 32.1 Å². The minimum absolute atomic E-state index is 0.0860. The zero-order chi connectivity index (χ0) is 19.3. The van der Waals surface area contributed by atoms with E-state index < -0.39 is 11.6 Å². The number of hydrogen-bond acceptors (Lipinski definition) is 2. The number of guanidine groups is 1. The van der Waals surface area contributed by atoms with Gasteiger partial charge in [-0.3, -0.25) is 4.99 Å². The molecule has 0 spiro atoms. The number of halogens is 2. The molecule has 4 nitrogen and oxygen atoms in total. The number of ether oxygens (including phenoxy) is 1. The van der Waals surface area contributed by atoms with Gasteiger partial charge in [-0.05, 0) is 42.9 Å². The van der Waals surface area contributed by atoms with E-state index >= 15 is 0 Å². The summed E-state index contributed by atoms with van der Waals surface area (Å²) in [6.45, 7) is 10.1. The molecule has 0 amide bonds. The first-order valence-corrected chi connectivity index (χ1v) is 9.26. The predicted octanol–water partition coefficient (Wildman–Crippen LogP) is 4.03. The molecule has 0 aliphatic carbocycles. The third-order valence-corrected chi connectivity index (χ3v) is 4.85. The monoisotopic (exact) mass is 367 g/mol. The number of aliphatic imine (C=N–C) groups is 1. The number of nitrogens with zero attached hydrogens (tertiary/aromatic N) is 1. The average Bonchev–Trinajstić information content (AvgIpc) is 2.60. The standard InChI is InChI=1S/C20H31F2N3O/c1-13(14-8-9-16(21)17(22)11-14)25-19(23-5)24-12-15-7-6-10-26-18(15)20(2,3)4/h8-9,11,13,15,18H,6-7,10,12H2,1-5H3,(H2,23,24,25). The molecule has 26 heavy (non-hydrogen) atoms. The highest BCUT2D eigenvalue weighted by Crippen LogP contribution is 2.33. The van der Waals surface area contributed by atoms with Crippen LogP contribution >= 0.6 is 0 Å². The van der Waals surface area contributed by atoms with E-state index in [0.29, 0.717) is 17.4 Å². The third kappa shape index (κ3) is 5.40. The molecule has 0 aromatic heterocycles. The van der Waals surface area contributed by atoms with Crippen molar-refractivity contribution < 1.29 is 13.5 Å². The molecule has 0 saturated carbocycles. The van der Waals surface area contributed by atoms with Crippen molar-refractivity contribution in [1.82, 2.24) is 10.6 Å². The van der Waals surface area contributed by atoms with Gasteiger partial charge in [-0.1, -0.05) is 26.8 Å². The second-order valence-electron chi connectivity index (χ2n) is 8.05. The van der Waals surface area contributed by atoms with Crippen LogP contribution in [0.1, 0.15) is 52.1 Å². The summed E-state index contributed by atoms with van der Waals surface area (Å²) in [5, 5.41) is 6.59. The molecule has 3 unspecified atom stereocenters. The quantitative estimate of drug-likeness (QED) is 0.624.